The molecule has 0 atom stereocenters. The van der Waals surface area contributed by atoms with Crippen molar-refractivity contribution in [2.24, 2.45) is 0 Å². The van der Waals surface area contributed by atoms with Crippen LogP contribution >= 0.6 is 0 Å². The molecule has 160 valence electrons. The number of para-hydroxylation sites is 2. The SMILES string of the molecule is CCc1ccccc1N(CC(=O)Nc1ccccc1C(=O)c1ccccc1)S(C)(=O)=O. The maximum Gasteiger partial charge on any atom is 0.245 e. The molecule has 0 unspecified atom stereocenters. The van der Waals surface area contributed by atoms with E-state index >= 15 is 0 Å². The second kappa shape index (κ2) is 9.57. The number of carbonyl (C=O) groups is 2. The minimum atomic E-state index is -3.70. The Bertz CT molecular complexity index is 1190. The zero-order valence-electron chi connectivity index (χ0n) is 17.4. The standard InChI is InChI=1S/C24H24N2O4S/c1-3-18-11-7-10-16-22(18)26(31(2,29)30)17-23(27)25-21-15-9-8-14-20(21)24(28)19-12-5-4-6-13-19/h4-16H,3,17H2,1-2H3,(H,25,27). The Morgan fingerprint density at radius 2 is 1.48 bits per heavy atom. The van der Waals surface area contributed by atoms with E-state index in [2.05, 4.69) is 5.32 Å². The molecular weight excluding hydrogens is 412 g/mol. The molecule has 6 nitrogen and oxygen atoms in total. The molecule has 3 aromatic carbocycles. The molecule has 0 aliphatic carbocycles. The lowest BCUT2D eigenvalue weighted by atomic mass is 10.0. The van der Waals surface area contributed by atoms with Gasteiger partial charge in [-0.2, -0.15) is 0 Å². The maximum absolute atomic E-state index is 12.9. The van der Waals surface area contributed by atoms with Gasteiger partial charge in [0.25, 0.3) is 0 Å². The molecule has 0 radical (unpaired) electrons. The van der Waals surface area contributed by atoms with Crippen molar-refractivity contribution in [1.82, 2.24) is 0 Å². The fourth-order valence-corrected chi connectivity index (χ4v) is 4.18. The molecule has 0 spiro atoms. The van der Waals surface area contributed by atoms with Crippen LogP contribution in [-0.4, -0.2) is 32.9 Å². The van der Waals surface area contributed by atoms with Crippen molar-refractivity contribution in [1.29, 1.82) is 0 Å². The maximum atomic E-state index is 12.9. The van der Waals surface area contributed by atoms with E-state index in [1.165, 1.54) is 0 Å². The molecule has 3 aromatic rings. The first-order valence-corrected chi connectivity index (χ1v) is 11.7. The third kappa shape index (κ3) is 5.38. The molecular formula is C24H24N2O4S. The smallest absolute Gasteiger partial charge is 0.245 e. The van der Waals surface area contributed by atoms with Gasteiger partial charge in [0.05, 0.1) is 17.6 Å². The van der Waals surface area contributed by atoms with Gasteiger partial charge in [0.2, 0.25) is 15.9 Å². The number of hydrogen-bond acceptors (Lipinski definition) is 4. The molecule has 0 aromatic heterocycles. The van der Waals surface area contributed by atoms with E-state index in [1.54, 1.807) is 60.7 Å². The number of aryl methyl sites for hydroxylation is 1. The summed E-state index contributed by atoms with van der Waals surface area (Å²) in [6.07, 6.45) is 1.69. The number of nitrogens with one attached hydrogen (secondary N) is 1. The predicted molar refractivity (Wildman–Crippen MR) is 123 cm³/mol. The Morgan fingerprint density at radius 3 is 2.16 bits per heavy atom. The minimum absolute atomic E-state index is 0.229. The normalized spacial score (nSPS) is 11.0. The van der Waals surface area contributed by atoms with Gasteiger partial charge in [0, 0.05) is 11.1 Å². The molecule has 1 N–H and O–H groups in total. The number of rotatable bonds is 8. The number of benzene rings is 3. The summed E-state index contributed by atoms with van der Waals surface area (Å²) >= 11 is 0. The van der Waals surface area contributed by atoms with Crippen LogP contribution in [0, 0.1) is 0 Å². The van der Waals surface area contributed by atoms with Gasteiger partial charge in [-0.15, -0.1) is 0 Å². The number of nitrogens with zero attached hydrogens (tertiary/aromatic N) is 1. The lowest BCUT2D eigenvalue weighted by Crippen LogP contribution is -2.38. The largest absolute Gasteiger partial charge is 0.324 e. The predicted octanol–water partition coefficient (Wildman–Crippen LogP) is 3.88. The van der Waals surface area contributed by atoms with E-state index in [-0.39, 0.29) is 5.78 Å². The molecule has 31 heavy (non-hydrogen) atoms. The van der Waals surface area contributed by atoms with Crippen molar-refractivity contribution >= 4 is 33.1 Å². The fourth-order valence-electron chi connectivity index (χ4n) is 3.29. The van der Waals surface area contributed by atoms with Crippen LogP contribution in [0.15, 0.2) is 78.9 Å². The van der Waals surface area contributed by atoms with E-state index in [9.17, 15) is 18.0 Å². The number of sulfonamides is 1. The molecule has 0 saturated heterocycles. The van der Waals surface area contributed by atoms with Gasteiger partial charge in [-0.25, -0.2) is 8.42 Å². The number of anilines is 2. The number of ketones is 1. The summed E-state index contributed by atoms with van der Waals surface area (Å²) in [7, 11) is -3.70. The summed E-state index contributed by atoms with van der Waals surface area (Å²) < 4.78 is 26.0. The van der Waals surface area contributed by atoms with Gasteiger partial charge in [0.1, 0.15) is 6.54 Å². The zero-order chi connectivity index (χ0) is 22.4. The van der Waals surface area contributed by atoms with Crippen molar-refractivity contribution in [2.45, 2.75) is 13.3 Å². The molecule has 7 heteroatoms. The minimum Gasteiger partial charge on any atom is -0.324 e. The van der Waals surface area contributed by atoms with Crippen LogP contribution in [0.1, 0.15) is 28.4 Å². The first kappa shape index (κ1) is 22.2. The quantitative estimate of drug-likeness (QED) is 0.543. The van der Waals surface area contributed by atoms with Crippen LogP contribution in [0.25, 0.3) is 0 Å². The van der Waals surface area contributed by atoms with Crippen molar-refractivity contribution in [3.63, 3.8) is 0 Å². The van der Waals surface area contributed by atoms with Crippen LogP contribution in [0.5, 0.6) is 0 Å². The number of carbonyl (C=O) groups excluding carboxylic acids is 2. The summed E-state index contributed by atoms with van der Waals surface area (Å²) in [6.45, 7) is 1.52. The third-order valence-electron chi connectivity index (χ3n) is 4.81. The summed E-state index contributed by atoms with van der Waals surface area (Å²) in [5, 5.41) is 2.71. The summed E-state index contributed by atoms with van der Waals surface area (Å²) in [5.74, 6) is -0.766. The Hall–Kier alpha value is -3.45. The highest BCUT2D eigenvalue weighted by atomic mass is 32.2. The first-order chi connectivity index (χ1) is 14.8. The van der Waals surface area contributed by atoms with Crippen molar-refractivity contribution in [3.05, 3.63) is 95.6 Å². The van der Waals surface area contributed by atoms with Crippen LogP contribution in [0.3, 0.4) is 0 Å². The van der Waals surface area contributed by atoms with Crippen molar-refractivity contribution in [2.75, 3.05) is 22.4 Å². The summed E-state index contributed by atoms with van der Waals surface area (Å²) in [4.78, 5) is 25.7. The highest BCUT2D eigenvalue weighted by Gasteiger charge is 2.23. The molecule has 0 aliphatic rings. The average molecular weight is 437 g/mol. The molecule has 3 rings (SSSR count). The van der Waals surface area contributed by atoms with Gasteiger partial charge in [0.15, 0.2) is 5.78 Å². The lowest BCUT2D eigenvalue weighted by molar-refractivity contribution is -0.114. The molecule has 1 amide bonds. The van der Waals surface area contributed by atoms with Crippen LogP contribution in [-0.2, 0) is 21.2 Å². The molecule has 0 saturated carbocycles. The highest BCUT2D eigenvalue weighted by Crippen LogP contribution is 2.24. The average Bonchev–Trinajstić information content (AvgIpc) is 2.77. The van der Waals surface area contributed by atoms with Crippen LogP contribution < -0.4 is 9.62 Å². The Kier molecular flexibility index (Phi) is 6.87. The Balaban J connectivity index is 1.87. The van der Waals surface area contributed by atoms with E-state index in [4.69, 9.17) is 0 Å². The Morgan fingerprint density at radius 1 is 0.871 bits per heavy atom. The van der Waals surface area contributed by atoms with E-state index in [1.807, 2.05) is 25.1 Å². The lowest BCUT2D eigenvalue weighted by Gasteiger charge is -2.24. The van der Waals surface area contributed by atoms with Gasteiger partial charge in [-0.3, -0.25) is 13.9 Å². The van der Waals surface area contributed by atoms with Gasteiger partial charge < -0.3 is 5.32 Å². The van der Waals surface area contributed by atoms with Crippen molar-refractivity contribution in [3.8, 4) is 0 Å². The van der Waals surface area contributed by atoms with Gasteiger partial charge in [-0.1, -0.05) is 67.6 Å². The van der Waals surface area contributed by atoms with Crippen molar-refractivity contribution < 1.29 is 18.0 Å². The fraction of sp³-hybridized carbons (Fsp3) is 0.167. The first-order valence-electron chi connectivity index (χ1n) is 9.85. The van der Waals surface area contributed by atoms with E-state index < -0.39 is 22.5 Å². The van der Waals surface area contributed by atoms with E-state index in [0.29, 0.717) is 28.9 Å². The molecule has 0 bridgehead atoms. The number of hydrogen-bond donors (Lipinski definition) is 1. The second-order valence-corrected chi connectivity index (χ2v) is 8.95. The molecule has 0 aliphatic heterocycles. The monoisotopic (exact) mass is 436 g/mol. The van der Waals surface area contributed by atoms with Gasteiger partial charge in [-0.05, 0) is 30.2 Å². The summed E-state index contributed by atoms with van der Waals surface area (Å²) in [5.41, 5.74) is 2.45. The van der Waals surface area contributed by atoms with E-state index in [0.717, 1.165) is 16.1 Å². The topological polar surface area (TPSA) is 83.6 Å². The van der Waals surface area contributed by atoms with Crippen LogP contribution in [0.2, 0.25) is 0 Å². The molecule has 0 fully saturated rings. The van der Waals surface area contributed by atoms with Gasteiger partial charge >= 0.3 is 0 Å². The second-order valence-electron chi connectivity index (χ2n) is 7.04. The summed E-state index contributed by atoms with van der Waals surface area (Å²) in [6, 6.07) is 22.5. The zero-order valence-corrected chi connectivity index (χ0v) is 18.2. The molecule has 0 heterocycles. The van der Waals surface area contributed by atoms with Crippen LogP contribution in [0.4, 0.5) is 11.4 Å². The third-order valence-corrected chi connectivity index (χ3v) is 5.94. The highest BCUT2D eigenvalue weighted by molar-refractivity contribution is 7.92. The number of amides is 1. The Labute approximate surface area is 182 Å².